The summed E-state index contributed by atoms with van der Waals surface area (Å²) in [5, 5.41) is 20.8. The number of imidazole rings is 1. The molecule has 2 aromatic heterocycles. The predicted molar refractivity (Wildman–Crippen MR) is 94.6 cm³/mol. The number of aromatic nitrogens is 4. The summed E-state index contributed by atoms with van der Waals surface area (Å²) in [5.74, 6) is 0.647. The Hall–Kier alpha value is -3.39. The molecule has 0 aliphatic carbocycles. The Morgan fingerprint density at radius 1 is 0.960 bits per heavy atom. The molecule has 0 amide bonds. The van der Waals surface area contributed by atoms with Gasteiger partial charge in [-0.05, 0) is 12.1 Å². The zero-order chi connectivity index (χ0) is 17.2. The van der Waals surface area contributed by atoms with Crippen LogP contribution in [-0.2, 0) is 0 Å². The second-order valence-corrected chi connectivity index (χ2v) is 6.15. The molecule has 0 fully saturated rings. The van der Waals surface area contributed by atoms with Gasteiger partial charge in [-0.1, -0.05) is 41.7 Å². The van der Waals surface area contributed by atoms with Crippen LogP contribution in [0.3, 0.4) is 0 Å². The highest BCUT2D eigenvalue weighted by Crippen LogP contribution is 2.30. The van der Waals surface area contributed by atoms with Crippen LogP contribution >= 0.6 is 11.3 Å². The van der Waals surface area contributed by atoms with Crippen molar-refractivity contribution in [2.24, 2.45) is 0 Å². The van der Waals surface area contributed by atoms with Gasteiger partial charge in [0.1, 0.15) is 5.01 Å². The maximum absolute atomic E-state index is 10.8. The number of hydrogen-bond acceptors (Lipinski definition) is 6. The normalized spacial score (nSPS) is 10.7. The molecule has 0 saturated carbocycles. The molecular weight excluding hydrogens is 338 g/mol. The standard InChI is InChI=1S/C17H11N5O2S/c23-22(24)14-8-6-13(7-9-14)21-11-10-18-15(21)17-20-19-16(25-17)12-4-2-1-3-5-12/h1-11H. The van der Waals surface area contributed by atoms with Gasteiger partial charge in [0.2, 0.25) is 0 Å². The molecular formula is C17H11N5O2S. The summed E-state index contributed by atoms with van der Waals surface area (Å²) in [6.07, 6.45) is 3.46. The van der Waals surface area contributed by atoms with Crippen LogP contribution in [0.25, 0.3) is 27.1 Å². The number of non-ortho nitro benzene ring substituents is 1. The fourth-order valence-electron chi connectivity index (χ4n) is 2.42. The van der Waals surface area contributed by atoms with Crippen molar-refractivity contribution in [2.45, 2.75) is 0 Å². The van der Waals surface area contributed by atoms with Crippen molar-refractivity contribution < 1.29 is 4.92 Å². The zero-order valence-electron chi connectivity index (χ0n) is 12.8. The number of nitrogens with zero attached hydrogens (tertiary/aromatic N) is 5. The van der Waals surface area contributed by atoms with Gasteiger partial charge in [0.05, 0.1) is 4.92 Å². The topological polar surface area (TPSA) is 86.7 Å². The summed E-state index contributed by atoms with van der Waals surface area (Å²) in [4.78, 5) is 14.7. The second-order valence-electron chi connectivity index (χ2n) is 5.17. The van der Waals surface area contributed by atoms with E-state index in [0.717, 1.165) is 16.3 Å². The lowest BCUT2D eigenvalue weighted by Gasteiger charge is -2.05. The molecule has 7 nitrogen and oxygen atoms in total. The molecule has 0 atom stereocenters. The van der Waals surface area contributed by atoms with Gasteiger partial charge in [-0.2, -0.15) is 0 Å². The molecule has 0 unspecified atom stereocenters. The monoisotopic (exact) mass is 349 g/mol. The highest BCUT2D eigenvalue weighted by atomic mass is 32.1. The molecule has 4 rings (SSSR count). The zero-order valence-corrected chi connectivity index (χ0v) is 13.6. The van der Waals surface area contributed by atoms with E-state index >= 15 is 0 Å². The molecule has 122 valence electrons. The molecule has 8 heteroatoms. The highest BCUT2D eigenvalue weighted by Gasteiger charge is 2.15. The maximum Gasteiger partial charge on any atom is 0.269 e. The first-order valence-corrected chi connectivity index (χ1v) is 8.21. The van der Waals surface area contributed by atoms with E-state index in [9.17, 15) is 10.1 Å². The quantitative estimate of drug-likeness (QED) is 0.411. The number of hydrogen-bond donors (Lipinski definition) is 0. The largest absolute Gasteiger partial charge is 0.298 e. The van der Waals surface area contributed by atoms with Gasteiger partial charge in [-0.25, -0.2) is 4.98 Å². The average molecular weight is 349 g/mol. The van der Waals surface area contributed by atoms with Crippen LogP contribution in [0, 0.1) is 10.1 Å². The Balaban J connectivity index is 1.70. The predicted octanol–water partition coefficient (Wildman–Crippen LogP) is 3.97. The third-order valence-electron chi connectivity index (χ3n) is 3.62. The lowest BCUT2D eigenvalue weighted by Crippen LogP contribution is -1.96. The van der Waals surface area contributed by atoms with Gasteiger partial charge in [0.15, 0.2) is 10.8 Å². The molecule has 0 radical (unpaired) electrons. The maximum atomic E-state index is 10.8. The molecule has 0 aliphatic rings. The molecule has 4 aromatic rings. The summed E-state index contributed by atoms with van der Waals surface area (Å²) in [6.45, 7) is 0. The molecule has 0 aliphatic heterocycles. The first-order chi connectivity index (χ1) is 12.2. The van der Waals surface area contributed by atoms with Gasteiger partial charge >= 0.3 is 0 Å². The third-order valence-corrected chi connectivity index (χ3v) is 4.58. The lowest BCUT2D eigenvalue weighted by atomic mass is 10.2. The van der Waals surface area contributed by atoms with Crippen molar-refractivity contribution in [3.8, 4) is 27.1 Å². The SMILES string of the molecule is O=[N+]([O-])c1ccc(-n2ccnc2-c2nnc(-c3ccccc3)s2)cc1. The van der Waals surface area contributed by atoms with Crippen molar-refractivity contribution in [1.29, 1.82) is 0 Å². The van der Waals surface area contributed by atoms with Gasteiger partial charge < -0.3 is 0 Å². The Morgan fingerprint density at radius 3 is 2.40 bits per heavy atom. The number of nitro benzene ring substituents is 1. The van der Waals surface area contributed by atoms with Crippen LogP contribution in [0.1, 0.15) is 0 Å². The van der Waals surface area contributed by atoms with E-state index in [-0.39, 0.29) is 5.69 Å². The summed E-state index contributed by atoms with van der Waals surface area (Å²) < 4.78 is 1.83. The highest BCUT2D eigenvalue weighted by molar-refractivity contribution is 7.17. The Bertz CT molecular complexity index is 1020. The van der Waals surface area contributed by atoms with Crippen LogP contribution in [0.5, 0.6) is 0 Å². The Labute approximate surface area is 146 Å². The van der Waals surface area contributed by atoms with Crippen molar-refractivity contribution in [3.63, 3.8) is 0 Å². The number of nitro groups is 1. The molecule has 0 bridgehead atoms. The average Bonchev–Trinajstić information content (AvgIpc) is 3.32. The second kappa shape index (κ2) is 6.25. The summed E-state index contributed by atoms with van der Waals surface area (Å²) in [6, 6.07) is 16.1. The van der Waals surface area contributed by atoms with Crippen molar-refractivity contribution >= 4 is 17.0 Å². The first kappa shape index (κ1) is 15.2. The smallest absolute Gasteiger partial charge is 0.269 e. The van der Waals surface area contributed by atoms with Gasteiger partial charge in [0.25, 0.3) is 5.69 Å². The van der Waals surface area contributed by atoms with E-state index in [4.69, 9.17) is 0 Å². The van der Waals surface area contributed by atoms with Crippen LogP contribution in [0.4, 0.5) is 5.69 Å². The van der Waals surface area contributed by atoms with Crippen LogP contribution in [0.2, 0.25) is 0 Å². The van der Waals surface area contributed by atoms with E-state index in [0.29, 0.717) is 10.8 Å². The summed E-state index contributed by atoms with van der Waals surface area (Å²) in [5.41, 5.74) is 1.82. The molecule has 0 spiro atoms. The summed E-state index contributed by atoms with van der Waals surface area (Å²) in [7, 11) is 0. The third kappa shape index (κ3) is 2.90. The van der Waals surface area contributed by atoms with Crippen LogP contribution in [-0.4, -0.2) is 24.7 Å². The molecule has 2 heterocycles. The van der Waals surface area contributed by atoms with Crippen LogP contribution < -0.4 is 0 Å². The van der Waals surface area contributed by atoms with Gasteiger partial charge in [-0.3, -0.25) is 14.7 Å². The molecule has 0 N–H and O–H groups in total. The van der Waals surface area contributed by atoms with Gasteiger partial charge in [-0.15, -0.1) is 10.2 Å². The number of benzene rings is 2. The Morgan fingerprint density at radius 2 is 1.68 bits per heavy atom. The van der Waals surface area contributed by atoms with E-state index in [1.807, 2.05) is 34.9 Å². The van der Waals surface area contributed by atoms with E-state index in [2.05, 4.69) is 15.2 Å². The first-order valence-electron chi connectivity index (χ1n) is 7.40. The minimum Gasteiger partial charge on any atom is -0.298 e. The fraction of sp³-hybridized carbons (Fsp3) is 0. The summed E-state index contributed by atoms with van der Waals surface area (Å²) >= 11 is 1.45. The minimum absolute atomic E-state index is 0.0488. The van der Waals surface area contributed by atoms with Crippen LogP contribution in [0.15, 0.2) is 67.0 Å². The van der Waals surface area contributed by atoms with E-state index in [1.165, 1.54) is 23.5 Å². The molecule has 2 aromatic carbocycles. The van der Waals surface area contributed by atoms with Crippen molar-refractivity contribution in [3.05, 3.63) is 77.1 Å². The molecule has 0 saturated heterocycles. The van der Waals surface area contributed by atoms with Crippen molar-refractivity contribution in [2.75, 3.05) is 0 Å². The molecule has 25 heavy (non-hydrogen) atoms. The van der Waals surface area contributed by atoms with E-state index in [1.54, 1.807) is 24.5 Å². The fourth-order valence-corrected chi connectivity index (χ4v) is 3.26. The minimum atomic E-state index is -0.421. The Kier molecular flexibility index (Phi) is 3.79. The van der Waals surface area contributed by atoms with Crippen molar-refractivity contribution in [1.82, 2.24) is 19.7 Å². The van der Waals surface area contributed by atoms with Gasteiger partial charge in [0, 0.05) is 35.8 Å². The lowest BCUT2D eigenvalue weighted by molar-refractivity contribution is -0.384. The number of rotatable bonds is 4. The van der Waals surface area contributed by atoms with E-state index < -0.39 is 4.92 Å².